The average Bonchev–Trinajstić information content (AvgIpc) is 2.46. The summed E-state index contributed by atoms with van der Waals surface area (Å²) in [7, 11) is 0. The zero-order valence-electron chi connectivity index (χ0n) is 11.3. The molecule has 1 saturated heterocycles. The van der Waals surface area contributed by atoms with E-state index in [0.29, 0.717) is 32.0 Å². The second kappa shape index (κ2) is 5.84. The van der Waals surface area contributed by atoms with E-state index in [1.807, 2.05) is 0 Å². The van der Waals surface area contributed by atoms with Crippen molar-refractivity contribution in [1.82, 2.24) is 15.1 Å². The summed E-state index contributed by atoms with van der Waals surface area (Å²) in [6.45, 7) is 3.62. The van der Waals surface area contributed by atoms with E-state index in [1.165, 1.54) is 6.07 Å². The van der Waals surface area contributed by atoms with E-state index in [0.717, 1.165) is 6.07 Å². The van der Waals surface area contributed by atoms with E-state index in [-0.39, 0.29) is 0 Å². The van der Waals surface area contributed by atoms with Gasteiger partial charge in [-0.25, -0.2) is 0 Å². The van der Waals surface area contributed by atoms with Gasteiger partial charge in [-0.05, 0) is 19.1 Å². The molecule has 1 fully saturated rings. The third-order valence-electron chi connectivity index (χ3n) is 3.48. The van der Waals surface area contributed by atoms with Crippen molar-refractivity contribution >= 4 is 11.8 Å². The summed E-state index contributed by atoms with van der Waals surface area (Å²) in [5.41, 5.74) is -1.02. The molecule has 2 heterocycles. The first-order valence-electron chi connectivity index (χ1n) is 6.42. The maximum Gasteiger partial charge on any atom is 0.435 e. The molecule has 0 spiro atoms. The van der Waals surface area contributed by atoms with Gasteiger partial charge in [0, 0.05) is 26.2 Å². The Hall–Kier alpha value is -1.90. The molecule has 1 aromatic rings. The second-order valence-electron chi connectivity index (χ2n) is 4.81. The molecular formula is C12H15F3N4O2. The molecule has 1 aliphatic heterocycles. The molecule has 6 nitrogen and oxygen atoms in total. The smallest absolute Gasteiger partial charge is 0.435 e. The van der Waals surface area contributed by atoms with Crippen molar-refractivity contribution < 1.29 is 23.1 Å². The van der Waals surface area contributed by atoms with Crippen LogP contribution in [-0.2, 0) is 11.0 Å². The Labute approximate surface area is 119 Å². The Kier molecular flexibility index (Phi) is 4.31. The number of aliphatic carboxylic acids is 1. The summed E-state index contributed by atoms with van der Waals surface area (Å²) in [5, 5.41) is 15.7. The average molecular weight is 304 g/mol. The molecular weight excluding hydrogens is 289 g/mol. The predicted molar refractivity (Wildman–Crippen MR) is 67.9 cm³/mol. The van der Waals surface area contributed by atoms with Crippen molar-refractivity contribution in [3.63, 3.8) is 0 Å². The highest BCUT2D eigenvalue weighted by Crippen LogP contribution is 2.27. The Balaban J connectivity index is 1.98. The van der Waals surface area contributed by atoms with Gasteiger partial charge in [0.2, 0.25) is 0 Å². The van der Waals surface area contributed by atoms with Crippen LogP contribution in [0.5, 0.6) is 0 Å². The van der Waals surface area contributed by atoms with Gasteiger partial charge in [-0.3, -0.25) is 9.69 Å². The minimum absolute atomic E-state index is 0.366. The first-order chi connectivity index (χ1) is 9.79. The Morgan fingerprint density at radius 3 is 2.29 bits per heavy atom. The van der Waals surface area contributed by atoms with Crippen LogP contribution >= 0.6 is 0 Å². The number of hydrogen-bond acceptors (Lipinski definition) is 5. The van der Waals surface area contributed by atoms with E-state index in [1.54, 1.807) is 16.7 Å². The van der Waals surface area contributed by atoms with Crippen LogP contribution in [0.25, 0.3) is 0 Å². The van der Waals surface area contributed by atoms with Gasteiger partial charge in [0.25, 0.3) is 0 Å². The van der Waals surface area contributed by atoms with Crippen LogP contribution < -0.4 is 4.90 Å². The number of carboxylic acids is 1. The SMILES string of the molecule is CC(C(=O)O)N1CCN(c2ccc(C(F)(F)F)nn2)CC1. The third-order valence-corrected chi connectivity index (χ3v) is 3.48. The van der Waals surface area contributed by atoms with Crippen LogP contribution in [0, 0.1) is 0 Å². The number of piperazine rings is 1. The van der Waals surface area contributed by atoms with E-state index >= 15 is 0 Å². The summed E-state index contributed by atoms with van der Waals surface area (Å²) >= 11 is 0. The molecule has 0 radical (unpaired) electrons. The fourth-order valence-electron chi connectivity index (χ4n) is 2.14. The molecule has 0 aliphatic carbocycles. The van der Waals surface area contributed by atoms with E-state index < -0.39 is 23.9 Å². The van der Waals surface area contributed by atoms with E-state index in [9.17, 15) is 18.0 Å². The number of nitrogens with zero attached hydrogens (tertiary/aromatic N) is 4. The van der Waals surface area contributed by atoms with Crippen LogP contribution in [0.15, 0.2) is 12.1 Å². The fourth-order valence-corrected chi connectivity index (χ4v) is 2.14. The fraction of sp³-hybridized carbons (Fsp3) is 0.583. The number of aromatic nitrogens is 2. The molecule has 1 aromatic heterocycles. The van der Waals surface area contributed by atoms with Gasteiger partial charge in [0.1, 0.15) is 6.04 Å². The Morgan fingerprint density at radius 2 is 1.86 bits per heavy atom. The topological polar surface area (TPSA) is 69.6 Å². The predicted octanol–water partition coefficient (Wildman–Crippen LogP) is 1.09. The van der Waals surface area contributed by atoms with Gasteiger partial charge in [-0.15, -0.1) is 10.2 Å². The highest BCUT2D eigenvalue weighted by Gasteiger charge is 2.33. The normalized spacial score (nSPS) is 18.6. The monoisotopic (exact) mass is 304 g/mol. The van der Waals surface area contributed by atoms with Gasteiger partial charge in [0.05, 0.1) is 0 Å². The van der Waals surface area contributed by atoms with Gasteiger partial charge < -0.3 is 10.0 Å². The van der Waals surface area contributed by atoms with Gasteiger partial charge in [0.15, 0.2) is 11.5 Å². The quantitative estimate of drug-likeness (QED) is 0.901. The molecule has 0 saturated carbocycles. The van der Waals surface area contributed by atoms with Crippen molar-refractivity contribution in [3.05, 3.63) is 17.8 Å². The molecule has 1 N–H and O–H groups in total. The van der Waals surface area contributed by atoms with E-state index in [4.69, 9.17) is 5.11 Å². The molecule has 1 aliphatic rings. The molecule has 0 amide bonds. The van der Waals surface area contributed by atoms with Crippen molar-refractivity contribution in [2.24, 2.45) is 0 Å². The number of carbonyl (C=O) groups is 1. The summed E-state index contributed by atoms with van der Waals surface area (Å²) in [6.07, 6.45) is -4.50. The number of carboxylic acid groups (broad SMARTS) is 1. The molecule has 116 valence electrons. The number of hydrogen-bond donors (Lipinski definition) is 1. The lowest BCUT2D eigenvalue weighted by atomic mass is 10.2. The number of halogens is 3. The van der Waals surface area contributed by atoms with Crippen LogP contribution in [-0.4, -0.2) is 58.4 Å². The van der Waals surface area contributed by atoms with Crippen molar-refractivity contribution in [2.45, 2.75) is 19.1 Å². The van der Waals surface area contributed by atoms with Crippen LogP contribution in [0.3, 0.4) is 0 Å². The van der Waals surface area contributed by atoms with Crippen LogP contribution in [0.1, 0.15) is 12.6 Å². The second-order valence-corrected chi connectivity index (χ2v) is 4.81. The summed E-state index contributed by atoms with van der Waals surface area (Å²) in [5.74, 6) is -0.525. The molecule has 1 atom stereocenters. The molecule has 0 bridgehead atoms. The van der Waals surface area contributed by atoms with Gasteiger partial charge in [-0.1, -0.05) is 0 Å². The maximum atomic E-state index is 12.4. The summed E-state index contributed by atoms with van der Waals surface area (Å²) < 4.78 is 37.2. The van der Waals surface area contributed by atoms with Crippen molar-refractivity contribution in [2.75, 3.05) is 31.1 Å². The molecule has 2 rings (SSSR count). The highest BCUT2D eigenvalue weighted by atomic mass is 19.4. The van der Waals surface area contributed by atoms with Gasteiger partial charge >= 0.3 is 12.1 Å². The van der Waals surface area contributed by atoms with Crippen LogP contribution in [0.2, 0.25) is 0 Å². The zero-order valence-corrected chi connectivity index (χ0v) is 11.3. The summed E-state index contributed by atoms with van der Waals surface area (Å²) in [4.78, 5) is 14.5. The minimum Gasteiger partial charge on any atom is -0.480 e. The van der Waals surface area contributed by atoms with Gasteiger partial charge in [-0.2, -0.15) is 13.2 Å². The first kappa shape index (κ1) is 15.5. The Bertz CT molecular complexity index is 498. The van der Waals surface area contributed by atoms with Crippen molar-refractivity contribution in [3.8, 4) is 0 Å². The lowest BCUT2D eigenvalue weighted by molar-refractivity contribution is -0.143. The third kappa shape index (κ3) is 3.60. The molecule has 0 aromatic carbocycles. The zero-order chi connectivity index (χ0) is 15.6. The highest BCUT2D eigenvalue weighted by molar-refractivity contribution is 5.72. The number of rotatable bonds is 3. The minimum atomic E-state index is -4.50. The Morgan fingerprint density at radius 1 is 1.24 bits per heavy atom. The lowest BCUT2D eigenvalue weighted by Crippen LogP contribution is -2.52. The lowest BCUT2D eigenvalue weighted by Gasteiger charge is -2.36. The first-order valence-corrected chi connectivity index (χ1v) is 6.42. The molecule has 21 heavy (non-hydrogen) atoms. The largest absolute Gasteiger partial charge is 0.480 e. The molecule has 1 unspecified atom stereocenters. The summed E-state index contributed by atoms with van der Waals surface area (Å²) in [6, 6.07) is 1.60. The van der Waals surface area contributed by atoms with Crippen LogP contribution in [0.4, 0.5) is 19.0 Å². The van der Waals surface area contributed by atoms with Crippen molar-refractivity contribution in [1.29, 1.82) is 0 Å². The maximum absolute atomic E-state index is 12.4. The standard InChI is InChI=1S/C12H15F3N4O2/c1-8(11(20)21)18-4-6-19(7-5-18)10-3-2-9(16-17-10)12(13,14)15/h2-3,8H,4-7H2,1H3,(H,20,21). The number of anilines is 1. The molecule has 9 heteroatoms. The number of alkyl halides is 3. The van der Waals surface area contributed by atoms with E-state index in [2.05, 4.69) is 10.2 Å².